The molecule has 0 aromatic rings. The third kappa shape index (κ3) is 3.84. The third-order valence-electron chi connectivity index (χ3n) is 6.44. The van der Waals surface area contributed by atoms with Crippen molar-refractivity contribution in [2.45, 2.75) is 85.0 Å². The van der Waals surface area contributed by atoms with Crippen LogP contribution in [0.3, 0.4) is 0 Å². The molecule has 4 atom stereocenters. The van der Waals surface area contributed by atoms with Crippen molar-refractivity contribution in [1.82, 2.24) is 0 Å². The van der Waals surface area contributed by atoms with Gasteiger partial charge < -0.3 is 14.6 Å². The molecule has 1 saturated heterocycles. The van der Waals surface area contributed by atoms with Crippen LogP contribution in [0.25, 0.3) is 0 Å². The van der Waals surface area contributed by atoms with E-state index in [1.54, 1.807) is 0 Å². The molecule has 1 N–H and O–H groups in total. The van der Waals surface area contributed by atoms with E-state index in [9.17, 15) is 9.90 Å². The Balaban J connectivity index is 2.67. The van der Waals surface area contributed by atoms with E-state index in [1.807, 2.05) is 39.8 Å². The molecule has 156 valence electrons. The molecule has 4 heteroatoms. The summed E-state index contributed by atoms with van der Waals surface area (Å²) in [6.45, 7) is 16.1. The molecular formula is C24H36O4. The van der Waals surface area contributed by atoms with E-state index in [0.717, 1.165) is 17.6 Å². The summed E-state index contributed by atoms with van der Waals surface area (Å²) in [5, 5.41) is 10.9. The highest BCUT2D eigenvalue weighted by Gasteiger charge is 2.62. The molecule has 0 amide bonds. The minimum Gasteiger partial charge on any atom is -0.422 e. The fourth-order valence-corrected chi connectivity index (χ4v) is 4.63. The first kappa shape index (κ1) is 22.5. The molecular weight excluding hydrogens is 352 g/mol. The lowest BCUT2D eigenvalue weighted by molar-refractivity contribution is -0.0497. The highest BCUT2D eigenvalue weighted by molar-refractivity contribution is 5.65. The average Bonchev–Trinajstić information content (AvgIpc) is 2.94. The van der Waals surface area contributed by atoms with Crippen LogP contribution in [-0.4, -0.2) is 29.1 Å². The van der Waals surface area contributed by atoms with E-state index in [-0.39, 0.29) is 0 Å². The smallest absolute Gasteiger partial charge is 0.422 e. The maximum absolute atomic E-state index is 12.5. The van der Waals surface area contributed by atoms with Crippen LogP contribution in [0.5, 0.6) is 0 Å². The van der Waals surface area contributed by atoms with Crippen molar-refractivity contribution in [1.29, 1.82) is 0 Å². The van der Waals surface area contributed by atoms with Crippen molar-refractivity contribution in [3.8, 4) is 0 Å². The van der Waals surface area contributed by atoms with Crippen LogP contribution in [0.15, 0.2) is 48.1 Å². The first-order valence-corrected chi connectivity index (χ1v) is 10.2. The Morgan fingerprint density at radius 3 is 2.64 bits per heavy atom. The number of hydrogen-bond acceptors (Lipinski definition) is 4. The van der Waals surface area contributed by atoms with E-state index in [1.165, 1.54) is 0 Å². The van der Waals surface area contributed by atoms with Gasteiger partial charge in [-0.2, -0.15) is 0 Å². The minimum absolute atomic E-state index is 0.469. The number of carbonyl (C=O) groups is 1. The van der Waals surface area contributed by atoms with Crippen molar-refractivity contribution in [2.24, 2.45) is 10.8 Å². The Morgan fingerprint density at radius 2 is 2.07 bits per heavy atom. The zero-order valence-corrected chi connectivity index (χ0v) is 18.2. The highest BCUT2D eigenvalue weighted by atomic mass is 16.8. The molecule has 0 spiro atoms. The standard InChI is InChI=1S/C24H36O4/c1-8-14-22(5,6)24(16-13-17(3)4)20(27-21(26)28-24)18-11-10-12-19(25)23(18,7)15-9-2/h8-9,11,13-14,19-20,25H,2,10,12,15-16H2,1,3-7H3/b14-8+/t19-,20-,23-,24+/m0/s1. The van der Waals surface area contributed by atoms with Gasteiger partial charge in [0, 0.05) is 17.3 Å². The lowest BCUT2D eigenvalue weighted by Crippen LogP contribution is -2.55. The maximum Gasteiger partial charge on any atom is 0.509 e. The number of aliphatic hydroxyl groups excluding tert-OH is 1. The molecule has 2 aliphatic rings. The summed E-state index contributed by atoms with van der Waals surface area (Å²) in [6.07, 6.45) is 11.0. The zero-order chi connectivity index (χ0) is 21.2. The largest absolute Gasteiger partial charge is 0.509 e. The van der Waals surface area contributed by atoms with Crippen LogP contribution in [0.2, 0.25) is 0 Å². The third-order valence-corrected chi connectivity index (χ3v) is 6.44. The molecule has 1 heterocycles. The lowest BCUT2D eigenvalue weighted by Gasteiger charge is -2.48. The summed E-state index contributed by atoms with van der Waals surface area (Å²) in [5.74, 6) is 0. The Morgan fingerprint density at radius 1 is 1.39 bits per heavy atom. The first-order chi connectivity index (χ1) is 13.0. The lowest BCUT2D eigenvalue weighted by atomic mass is 9.60. The van der Waals surface area contributed by atoms with Crippen LogP contribution in [0.4, 0.5) is 4.79 Å². The van der Waals surface area contributed by atoms with Crippen molar-refractivity contribution in [3.63, 3.8) is 0 Å². The zero-order valence-electron chi connectivity index (χ0n) is 18.2. The molecule has 0 aromatic carbocycles. The van der Waals surface area contributed by atoms with E-state index in [2.05, 4.69) is 38.7 Å². The number of aliphatic hydroxyl groups is 1. The van der Waals surface area contributed by atoms with Gasteiger partial charge in [0.05, 0.1) is 6.10 Å². The van der Waals surface area contributed by atoms with Gasteiger partial charge >= 0.3 is 6.16 Å². The fraction of sp³-hybridized carbons (Fsp3) is 0.625. The van der Waals surface area contributed by atoms with Gasteiger partial charge in [0.1, 0.15) is 0 Å². The number of cyclic esters (lactones) is 2. The van der Waals surface area contributed by atoms with Crippen LogP contribution < -0.4 is 0 Å². The van der Waals surface area contributed by atoms with Gasteiger partial charge in [-0.3, -0.25) is 0 Å². The van der Waals surface area contributed by atoms with Crippen molar-refractivity contribution < 1.29 is 19.4 Å². The van der Waals surface area contributed by atoms with E-state index < -0.39 is 34.8 Å². The second-order valence-corrected chi connectivity index (χ2v) is 9.11. The average molecular weight is 389 g/mol. The molecule has 0 radical (unpaired) electrons. The molecule has 1 aliphatic carbocycles. The highest BCUT2D eigenvalue weighted by Crippen LogP contribution is 2.54. The normalized spacial score (nSPS) is 33.2. The first-order valence-electron chi connectivity index (χ1n) is 10.2. The Labute approximate surface area is 170 Å². The van der Waals surface area contributed by atoms with E-state index >= 15 is 0 Å². The number of carbonyl (C=O) groups excluding carboxylic acids is 1. The molecule has 1 aliphatic heterocycles. The van der Waals surface area contributed by atoms with Gasteiger partial charge in [0.2, 0.25) is 0 Å². The molecule has 0 aromatic heterocycles. The minimum atomic E-state index is -0.890. The Hall–Kier alpha value is -1.81. The van der Waals surface area contributed by atoms with Crippen molar-refractivity contribution in [3.05, 3.63) is 48.1 Å². The summed E-state index contributed by atoms with van der Waals surface area (Å²) >= 11 is 0. The van der Waals surface area contributed by atoms with Gasteiger partial charge in [-0.1, -0.05) is 56.7 Å². The number of rotatable bonds is 7. The summed E-state index contributed by atoms with van der Waals surface area (Å²) in [5.41, 5.74) is 0.198. The summed E-state index contributed by atoms with van der Waals surface area (Å²) in [6, 6.07) is 0. The SMILES string of the molecule is C=CC[C@@]1(C)C([C@@H]2OC(=O)O[C@@]2(CC=C(C)C)C(C)(C)/C=C/C)=CCC[C@@H]1O. The van der Waals surface area contributed by atoms with Gasteiger partial charge in [-0.25, -0.2) is 4.79 Å². The fourth-order valence-electron chi connectivity index (χ4n) is 4.63. The van der Waals surface area contributed by atoms with Crippen LogP contribution in [0.1, 0.15) is 67.2 Å². The molecule has 0 bridgehead atoms. The molecule has 2 rings (SSSR count). The van der Waals surface area contributed by atoms with Crippen molar-refractivity contribution in [2.75, 3.05) is 0 Å². The van der Waals surface area contributed by atoms with Crippen LogP contribution >= 0.6 is 0 Å². The molecule has 4 nitrogen and oxygen atoms in total. The topological polar surface area (TPSA) is 55.8 Å². The molecule has 0 unspecified atom stereocenters. The maximum atomic E-state index is 12.5. The molecule has 1 fully saturated rings. The predicted molar refractivity (Wildman–Crippen MR) is 113 cm³/mol. The number of ether oxygens (including phenoxy) is 2. The predicted octanol–water partition coefficient (Wildman–Crippen LogP) is 5.88. The second-order valence-electron chi connectivity index (χ2n) is 9.11. The molecule has 28 heavy (non-hydrogen) atoms. The van der Waals surface area contributed by atoms with E-state index in [0.29, 0.717) is 19.3 Å². The number of hydrogen-bond donors (Lipinski definition) is 1. The van der Waals surface area contributed by atoms with Crippen LogP contribution in [0, 0.1) is 10.8 Å². The van der Waals surface area contributed by atoms with Crippen LogP contribution in [-0.2, 0) is 9.47 Å². The van der Waals surface area contributed by atoms with Gasteiger partial charge in [0.15, 0.2) is 11.7 Å². The van der Waals surface area contributed by atoms with Gasteiger partial charge in [0.25, 0.3) is 0 Å². The molecule has 0 saturated carbocycles. The summed E-state index contributed by atoms with van der Waals surface area (Å²) < 4.78 is 11.8. The van der Waals surface area contributed by atoms with Gasteiger partial charge in [-0.15, -0.1) is 6.58 Å². The van der Waals surface area contributed by atoms with Crippen molar-refractivity contribution >= 4 is 6.16 Å². The summed E-state index contributed by atoms with van der Waals surface area (Å²) in [4.78, 5) is 12.5. The Kier molecular flexibility index (Phi) is 6.65. The second kappa shape index (κ2) is 8.28. The summed E-state index contributed by atoms with van der Waals surface area (Å²) in [7, 11) is 0. The van der Waals surface area contributed by atoms with E-state index in [4.69, 9.17) is 9.47 Å². The Bertz CT molecular complexity index is 695. The monoisotopic (exact) mass is 388 g/mol. The number of allylic oxidation sites excluding steroid dienone is 4. The quantitative estimate of drug-likeness (QED) is 0.437. The van der Waals surface area contributed by atoms with Gasteiger partial charge in [-0.05, 0) is 45.6 Å².